The van der Waals surface area contributed by atoms with Gasteiger partial charge in [-0.3, -0.25) is 4.90 Å². The average Bonchev–Trinajstić information content (AvgIpc) is 2.54. The summed E-state index contributed by atoms with van der Waals surface area (Å²) in [6.45, 7) is 0. The van der Waals surface area contributed by atoms with Gasteiger partial charge in [-0.1, -0.05) is 30.3 Å². The highest BCUT2D eigenvalue weighted by Crippen LogP contribution is 2.42. The Bertz CT molecular complexity index is 332. The molecule has 2 heterocycles. The molecule has 15 heavy (non-hydrogen) atoms. The maximum absolute atomic E-state index is 2.63. The molecule has 3 atom stereocenters. The Labute approximate surface area is 92.1 Å². The summed E-state index contributed by atoms with van der Waals surface area (Å²) in [4.78, 5) is 2.63. The Kier molecular flexibility index (Phi) is 2.28. The lowest BCUT2D eigenvalue weighted by molar-refractivity contribution is 0.156. The molecule has 3 unspecified atom stereocenters. The molecule has 2 fully saturated rings. The molecule has 1 nitrogen and oxygen atoms in total. The molecular formula is C14H19N. The summed E-state index contributed by atoms with van der Waals surface area (Å²) >= 11 is 0. The van der Waals surface area contributed by atoms with E-state index in [0.717, 1.165) is 18.0 Å². The summed E-state index contributed by atoms with van der Waals surface area (Å²) in [7, 11) is 2.32. The molecule has 80 valence electrons. The largest absolute Gasteiger partial charge is 0.300 e. The van der Waals surface area contributed by atoms with Gasteiger partial charge in [-0.2, -0.15) is 0 Å². The molecule has 0 radical (unpaired) electrons. The quantitative estimate of drug-likeness (QED) is 0.675. The molecule has 2 saturated heterocycles. The van der Waals surface area contributed by atoms with Crippen molar-refractivity contribution in [3.63, 3.8) is 0 Å². The van der Waals surface area contributed by atoms with Crippen molar-refractivity contribution in [1.29, 1.82) is 0 Å². The van der Waals surface area contributed by atoms with Crippen LogP contribution in [0.4, 0.5) is 0 Å². The number of benzene rings is 1. The molecule has 0 aliphatic carbocycles. The first-order valence-corrected chi connectivity index (χ1v) is 6.13. The van der Waals surface area contributed by atoms with E-state index in [2.05, 4.69) is 42.3 Å². The van der Waals surface area contributed by atoms with Gasteiger partial charge in [-0.25, -0.2) is 0 Å². The van der Waals surface area contributed by atoms with Crippen LogP contribution in [0.15, 0.2) is 30.3 Å². The predicted octanol–water partition coefficient (Wildman–Crippen LogP) is 3.03. The molecule has 0 spiro atoms. The first-order valence-electron chi connectivity index (χ1n) is 6.13. The van der Waals surface area contributed by atoms with Crippen LogP contribution in [0, 0.1) is 0 Å². The molecule has 2 aliphatic rings. The van der Waals surface area contributed by atoms with Crippen molar-refractivity contribution in [3.05, 3.63) is 35.9 Å². The normalized spacial score (nSPS) is 35.7. The van der Waals surface area contributed by atoms with Crippen LogP contribution < -0.4 is 0 Å². The average molecular weight is 201 g/mol. The zero-order valence-electron chi connectivity index (χ0n) is 9.39. The van der Waals surface area contributed by atoms with Crippen molar-refractivity contribution < 1.29 is 0 Å². The van der Waals surface area contributed by atoms with Crippen molar-refractivity contribution in [2.45, 2.75) is 43.7 Å². The highest BCUT2D eigenvalue weighted by molar-refractivity contribution is 5.23. The minimum Gasteiger partial charge on any atom is -0.300 e. The van der Waals surface area contributed by atoms with Crippen LogP contribution >= 0.6 is 0 Å². The van der Waals surface area contributed by atoms with Gasteiger partial charge < -0.3 is 0 Å². The summed E-state index contributed by atoms with van der Waals surface area (Å²) in [5.74, 6) is 0.787. The van der Waals surface area contributed by atoms with Crippen LogP contribution in [-0.4, -0.2) is 24.0 Å². The number of hydrogen-bond donors (Lipinski definition) is 0. The molecule has 1 aromatic carbocycles. The fourth-order valence-electron chi connectivity index (χ4n) is 3.53. The van der Waals surface area contributed by atoms with Gasteiger partial charge in [0.1, 0.15) is 0 Å². The van der Waals surface area contributed by atoms with E-state index in [0.29, 0.717) is 0 Å². The van der Waals surface area contributed by atoms with Crippen LogP contribution in [0.25, 0.3) is 0 Å². The lowest BCUT2D eigenvalue weighted by Gasteiger charge is -2.37. The van der Waals surface area contributed by atoms with E-state index < -0.39 is 0 Å². The van der Waals surface area contributed by atoms with E-state index >= 15 is 0 Å². The Balaban J connectivity index is 1.88. The maximum atomic E-state index is 2.63. The molecular weight excluding hydrogens is 182 g/mol. The van der Waals surface area contributed by atoms with Gasteiger partial charge in [0.2, 0.25) is 0 Å². The fraction of sp³-hybridized carbons (Fsp3) is 0.571. The molecule has 1 aromatic rings. The van der Waals surface area contributed by atoms with Crippen molar-refractivity contribution in [2.75, 3.05) is 7.05 Å². The summed E-state index contributed by atoms with van der Waals surface area (Å²) in [6, 6.07) is 12.8. The second-order valence-corrected chi connectivity index (χ2v) is 5.06. The van der Waals surface area contributed by atoms with Gasteiger partial charge in [-0.15, -0.1) is 0 Å². The third-order valence-corrected chi connectivity index (χ3v) is 4.40. The van der Waals surface area contributed by atoms with E-state index in [1.807, 2.05) is 0 Å². The van der Waals surface area contributed by atoms with E-state index in [9.17, 15) is 0 Å². The van der Waals surface area contributed by atoms with Gasteiger partial charge in [0.25, 0.3) is 0 Å². The third-order valence-electron chi connectivity index (χ3n) is 4.40. The molecule has 2 aliphatic heterocycles. The molecule has 2 bridgehead atoms. The highest BCUT2D eigenvalue weighted by atomic mass is 15.2. The van der Waals surface area contributed by atoms with E-state index in [4.69, 9.17) is 0 Å². The van der Waals surface area contributed by atoms with Crippen molar-refractivity contribution in [1.82, 2.24) is 4.90 Å². The molecule has 0 saturated carbocycles. The Hall–Kier alpha value is -0.820. The van der Waals surface area contributed by atoms with Gasteiger partial charge in [0.15, 0.2) is 0 Å². The number of piperidine rings is 1. The van der Waals surface area contributed by atoms with Gasteiger partial charge in [-0.05, 0) is 44.2 Å². The lowest BCUT2D eigenvalue weighted by Crippen LogP contribution is -2.40. The van der Waals surface area contributed by atoms with Crippen molar-refractivity contribution >= 4 is 0 Å². The van der Waals surface area contributed by atoms with Gasteiger partial charge in [0.05, 0.1) is 0 Å². The van der Waals surface area contributed by atoms with Crippen LogP contribution in [-0.2, 0) is 0 Å². The third kappa shape index (κ3) is 1.50. The van der Waals surface area contributed by atoms with Crippen LogP contribution in [0.3, 0.4) is 0 Å². The second kappa shape index (κ2) is 3.64. The van der Waals surface area contributed by atoms with Crippen LogP contribution in [0.1, 0.15) is 37.2 Å². The number of hydrogen-bond acceptors (Lipinski definition) is 1. The second-order valence-electron chi connectivity index (χ2n) is 5.06. The van der Waals surface area contributed by atoms with E-state index in [1.54, 1.807) is 5.56 Å². The summed E-state index contributed by atoms with van der Waals surface area (Å²) in [5.41, 5.74) is 1.55. The molecule has 3 rings (SSSR count). The summed E-state index contributed by atoms with van der Waals surface area (Å²) < 4.78 is 0. The van der Waals surface area contributed by atoms with Gasteiger partial charge >= 0.3 is 0 Å². The van der Waals surface area contributed by atoms with Crippen molar-refractivity contribution in [2.24, 2.45) is 0 Å². The number of fused-ring (bicyclic) bond motifs is 2. The predicted molar refractivity (Wildman–Crippen MR) is 63.0 cm³/mol. The molecule has 1 heteroatoms. The fourth-order valence-corrected chi connectivity index (χ4v) is 3.53. The number of rotatable bonds is 1. The summed E-state index contributed by atoms with van der Waals surface area (Å²) in [6.07, 6.45) is 5.61. The van der Waals surface area contributed by atoms with E-state index in [-0.39, 0.29) is 0 Å². The lowest BCUT2D eigenvalue weighted by atomic mass is 9.85. The zero-order valence-corrected chi connectivity index (χ0v) is 9.39. The SMILES string of the molecule is CN1C2CCC(c3ccccc3)C1CC2. The van der Waals surface area contributed by atoms with Crippen molar-refractivity contribution in [3.8, 4) is 0 Å². The Morgan fingerprint density at radius 3 is 2.53 bits per heavy atom. The first-order chi connectivity index (χ1) is 7.36. The Morgan fingerprint density at radius 1 is 1.00 bits per heavy atom. The number of nitrogens with zero attached hydrogens (tertiary/aromatic N) is 1. The smallest absolute Gasteiger partial charge is 0.0164 e. The summed E-state index contributed by atoms with van der Waals surface area (Å²) in [5, 5.41) is 0. The molecule has 0 amide bonds. The minimum absolute atomic E-state index is 0.787. The first kappa shape index (κ1) is 9.41. The standard InChI is InChI=1S/C14H19N/c1-15-12-7-9-13(14(15)10-8-12)11-5-3-2-4-6-11/h2-6,12-14H,7-10H2,1H3. The number of likely N-dealkylation sites (N-methyl/N-ethyl adjacent to an activating group) is 1. The van der Waals surface area contributed by atoms with Crippen LogP contribution in [0.5, 0.6) is 0 Å². The minimum atomic E-state index is 0.787. The maximum Gasteiger partial charge on any atom is 0.0164 e. The van der Waals surface area contributed by atoms with Gasteiger partial charge in [0, 0.05) is 12.1 Å². The Morgan fingerprint density at radius 2 is 1.73 bits per heavy atom. The highest BCUT2D eigenvalue weighted by Gasteiger charge is 2.40. The van der Waals surface area contributed by atoms with E-state index in [1.165, 1.54) is 25.7 Å². The zero-order chi connectivity index (χ0) is 10.3. The van der Waals surface area contributed by atoms with Crippen LogP contribution in [0.2, 0.25) is 0 Å². The topological polar surface area (TPSA) is 3.24 Å². The molecule has 0 aromatic heterocycles. The monoisotopic (exact) mass is 201 g/mol. The molecule has 0 N–H and O–H groups in total.